The standard InChI is InChI=1S/C16H14O2/c1-16(18,14-9-5-6-10-15(14)17)12-11-13-7-3-2-4-8-13/h2-10,17-18H,1H3. The van der Waals surface area contributed by atoms with Crippen molar-refractivity contribution in [3.63, 3.8) is 0 Å². The first kappa shape index (κ1) is 12.2. The van der Waals surface area contributed by atoms with Crippen LogP contribution < -0.4 is 0 Å². The SMILES string of the molecule is CC(O)(C#Cc1ccccc1)c1ccccc1O. The van der Waals surface area contributed by atoms with Gasteiger partial charge >= 0.3 is 0 Å². The smallest absolute Gasteiger partial charge is 0.152 e. The van der Waals surface area contributed by atoms with E-state index in [9.17, 15) is 10.2 Å². The first-order valence-electron chi connectivity index (χ1n) is 5.69. The van der Waals surface area contributed by atoms with Gasteiger partial charge in [-0.05, 0) is 25.1 Å². The van der Waals surface area contributed by atoms with E-state index in [1.165, 1.54) is 6.07 Å². The molecule has 2 rings (SSSR count). The largest absolute Gasteiger partial charge is 0.508 e. The van der Waals surface area contributed by atoms with Crippen molar-refractivity contribution in [1.82, 2.24) is 0 Å². The Morgan fingerprint density at radius 2 is 1.56 bits per heavy atom. The quantitative estimate of drug-likeness (QED) is 0.750. The predicted molar refractivity (Wildman–Crippen MR) is 71.0 cm³/mol. The van der Waals surface area contributed by atoms with Crippen molar-refractivity contribution in [2.45, 2.75) is 12.5 Å². The lowest BCUT2D eigenvalue weighted by Crippen LogP contribution is -2.18. The number of aliphatic hydroxyl groups is 1. The van der Waals surface area contributed by atoms with Crippen molar-refractivity contribution in [1.29, 1.82) is 0 Å². The lowest BCUT2D eigenvalue weighted by molar-refractivity contribution is 0.119. The molecule has 0 aliphatic carbocycles. The van der Waals surface area contributed by atoms with E-state index in [-0.39, 0.29) is 5.75 Å². The molecule has 2 aromatic rings. The van der Waals surface area contributed by atoms with Crippen LogP contribution in [0.15, 0.2) is 54.6 Å². The third-order valence-electron chi connectivity index (χ3n) is 2.65. The summed E-state index contributed by atoms with van der Waals surface area (Å²) in [5.41, 5.74) is -0.136. The van der Waals surface area contributed by atoms with E-state index in [1.807, 2.05) is 30.3 Å². The normalized spacial score (nSPS) is 13.2. The van der Waals surface area contributed by atoms with E-state index in [0.29, 0.717) is 5.56 Å². The summed E-state index contributed by atoms with van der Waals surface area (Å²) < 4.78 is 0. The van der Waals surface area contributed by atoms with Crippen LogP contribution in [0.4, 0.5) is 0 Å². The van der Waals surface area contributed by atoms with Gasteiger partial charge in [-0.1, -0.05) is 48.2 Å². The second kappa shape index (κ2) is 4.95. The van der Waals surface area contributed by atoms with Gasteiger partial charge in [0, 0.05) is 11.1 Å². The molecule has 90 valence electrons. The fraction of sp³-hybridized carbons (Fsp3) is 0.125. The molecule has 0 bridgehead atoms. The molecule has 2 aromatic carbocycles. The van der Waals surface area contributed by atoms with Crippen molar-refractivity contribution in [3.8, 4) is 17.6 Å². The molecule has 1 atom stereocenters. The van der Waals surface area contributed by atoms with E-state index in [2.05, 4.69) is 11.8 Å². The minimum absolute atomic E-state index is 0.0462. The van der Waals surface area contributed by atoms with Gasteiger partial charge in [-0.15, -0.1) is 0 Å². The lowest BCUT2D eigenvalue weighted by atomic mass is 9.95. The van der Waals surface area contributed by atoms with E-state index < -0.39 is 5.60 Å². The van der Waals surface area contributed by atoms with Gasteiger partial charge in [0.15, 0.2) is 5.60 Å². The number of para-hydroxylation sites is 1. The highest BCUT2D eigenvalue weighted by Gasteiger charge is 2.23. The van der Waals surface area contributed by atoms with Crippen molar-refractivity contribution in [2.24, 2.45) is 0 Å². The Morgan fingerprint density at radius 3 is 2.22 bits per heavy atom. The number of hydrogen-bond donors (Lipinski definition) is 2. The maximum Gasteiger partial charge on any atom is 0.152 e. The molecule has 1 unspecified atom stereocenters. The average molecular weight is 238 g/mol. The van der Waals surface area contributed by atoms with Gasteiger partial charge in [-0.3, -0.25) is 0 Å². The summed E-state index contributed by atoms with van der Waals surface area (Å²) in [4.78, 5) is 0. The molecule has 0 aliphatic rings. The van der Waals surface area contributed by atoms with Crippen molar-refractivity contribution >= 4 is 0 Å². The van der Waals surface area contributed by atoms with Crippen LogP contribution in [0.3, 0.4) is 0 Å². The molecule has 0 saturated heterocycles. The van der Waals surface area contributed by atoms with Crippen molar-refractivity contribution in [2.75, 3.05) is 0 Å². The molecule has 2 N–H and O–H groups in total. The van der Waals surface area contributed by atoms with E-state index in [0.717, 1.165) is 5.56 Å². The Labute approximate surface area is 107 Å². The minimum Gasteiger partial charge on any atom is -0.508 e. The lowest BCUT2D eigenvalue weighted by Gasteiger charge is -2.17. The van der Waals surface area contributed by atoms with Crippen LogP contribution in [0.25, 0.3) is 0 Å². The number of hydrogen-bond acceptors (Lipinski definition) is 2. The molecular weight excluding hydrogens is 224 g/mol. The maximum atomic E-state index is 10.3. The molecule has 0 amide bonds. The zero-order chi connectivity index (χ0) is 13.0. The van der Waals surface area contributed by atoms with Gasteiger partial charge in [0.2, 0.25) is 0 Å². The third-order valence-corrected chi connectivity index (χ3v) is 2.65. The Balaban J connectivity index is 2.34. The summed E-state index contributed by atoms with van der Waals surface area (Å²) in [6, 6.07) is 16.1. The number of phenols is 1. The Morgan fingerprint density at radius 1 is 0.944 bits per heavy atom. The maximum absolute atomic E-state index is 10.3. The number of rotatable bonds is 1. The van der Waals surface area contributed by atoms with Crippen LogP contribution in [0, 0.1) is 11.8 Å². The Kier molecular flexibility index (Phi) is 3.36. The summed E-state index contributed by atoms with van der Waals surface area (Å²) in [6.45, 7) is 1.57. The van der Waals surface area contributed by atoms with Crippen LogP contribution in [-0.4, -0.2) is 10.2 Å². The number of phenolic OH excluding ortho intramolecular Hbond substituents is 1. The van der Waals surface area contributed by atoms with Crippen LogP contribution in [0.1, 0.15) is 18.1 Å². The second-order valence-corrected chi connectivity index (χ2v) is 4.21. The molecule has 0 aliphatic heterocycles. The molecule has 2 nitrogen and oxygen atoms in total. The molecule has 0 radical (unpaired) electrons. The van der Waals surface area contributed by atoms with Gasteiger partial charge in [-0.2, -0.15) is 0 Å². The summed E-state index contributed by atoms with van der Waals surface area (Å²) in [6.07, 6.45) is 0. The molecular formula is C16H14O2. The first-order valence-corrected chi connectivity index (χ1v) is 5.69. The fourth-order valence-corrected chi connectivity index (χ4v) is 1.67. The highest BCUT2D eigenvalue weighted by atomic mass is 16.3. The average Bonchev–Trinajstić information content (AvgIpc) is 2.38. The van der Waals surface area contributed by atoms with Crippen molar-refractivity contribution < 1.29 is 10.2 Å². The third kappa shape index (κ3) is 2.71. The Bertz CT molecular complexity index is 589. The fourth-order valence-electron chi connectivity index (χ4n) is 1.67. The van der Waals surface area contributed by atoms with Crippen LogP contribution in [0.5, 0.6) is 5.75 Å². The molecule has 2 heteroatoms. The van der Waals surface area contributed by atoms with E-state index in [4.69, 9.17) is 0 Å². The minimum atomic E-state index is -1.37. The highest BCUT2D eigenvalue weighted by Crippen LogP contribution is 2.28. The van der Waals surface area contributed by atoms with Gasteiger partial charge in [0.1, 0.15) is 5.75 Å². The molecule has 0 saturated carbocycles. The monoisotopic (exact) mass is 238 g/mol. The summed E-state index contributed by atoms with van der Waals surface area (Å²) in [5, 5.41) is 20.0. The summed E-state index contributed by atoms with van der Waals surface area (Å²) >= 11 is 0. The van der Waals surface area contributed by atoms with E-state index in [1.54, 1.807) is 25.1 Å². The van der Waals surface area contributed by atoms with E-state index >= 15 is 0 Å². The van der Waals surface area contributed by atoms with Crippen molar-refractivity contribution in [3.05, 3.63) is 65.7 Å². The number of aromatic hydroxyl groups is 1. The van der Waals surface area contributed by atoms with Gasteiger partial charge in [0.25, 0.3) is 0 Å². The van der Waals surface area contributed by atoms with Gasteiger partial charge in [0.05, 0.1) is 0 Å². The van der Waals surface area contributed by atoms with Crippen LogP contribution in [0.2, 0.25) is 0 Å². The zero-order valence-electron chi connectivity index (χ0n) is 10.1. The van der Waals surface area contributed by atoms with Gasteiger partial charge in [-0.25, -0.2) is 0 Å². The zero-order valence-corrected chi connectivity index (χ0v) is 10.1. The van der Waals surface area contributed by atoms with Gasteiger partial charge < -0.3 is 10.2 Å². The highest BCUT2D eigenvalue weighted by molar-refractivity contribution is 5.44. The molecule has 0 fully saturated rings. The first-order chi connectivity index (χ1) is 8.59. The van der Waals surface area contributed by atoms with Crippen LogP contribution >= 0.6 is 0 Å². The predicted octanol–water partition coefficient (Wildman–Crippen LogP) is 2.65. The molecule has 18 heavy (non-hydrogen) atoms. The summed E-state index contributed by atoms with van der Waals surface area (Å²) in [7, 11) is 0. The molecule has 0 spiro atoms. The Hall–Kier alpha value is -2.24. The summed E-state index contributed by atoms with van der Waals surface area (Å²) in [5.74, 6) is 5.72. The van der Waals surface area contributed by atoms with Crippen LogP contribution in [-0.2, 0) is 5.60 Å². The second-order valence-electron chi connectivity index (χ2n) is 4.21. The molecule has 0 heterocycles. The topological polar surface area (TPSA) is 40.5 Å². The number of benzene rings is 2. The molecule has 0 aromatic heterocycles.